The minimum atomic E-state index is -3.67. The Kier molecular flexibility index (Phi) is 6.10. The van der Waals surface area contributed by atoms with E-state index in [1.54, 1.807) is 6.92 Å². The maximum absolute atomic E-state index is 9.79. The molecule has 0 aromatic carbocycles. The zero-order valence-corrected chi connectivity index (χ0v) is 4.90. The van der Waals surface area contributed by atoms with Gasteiger partial charge < -0.3 is 0 Å². The summed E-state index contributed by atoms with van der Waals surface area (Å²) in [6.45, 7) is 1.69. The average Bonchev–Trinajstić information content (AvgIpc) is 1.30. The Morgan fingerprint density at radius 3 is 1.88 bits per heavy atom. The van der Waals surface area contributed by atoms with Crippen LogP contribution in [0.3, 0.4) is 0 Å². The summed E-state index contributed by atoms with van der Waals surface area (Å²) in [5, 5.41) is 0. The molecule has 0 unspecified atom stereocenters. The van der Waals surface area contributed by atoms with Gasteiger partial charge in [0.1, 0.15) is 0 Å². The Hall–Kier alpha value is 0.442. The van der Waals surface area contributed by atoms with Gasteiger partial charge in [-0.25, -0.2) is 0 Å². The summed E-state index contributed by atoms with van der Waals surface area (Å²) < 4.78 is 27.6. The first-order valence-corrected chi connectivity index (χ1v) is 3.62. The smallest absolute Gasteiger partial charge is 0.264 e. The maximum Gasteiger partial charge on any atom is 0.264 e. The van der Waals surface area contributed by atoms with E-state index in [1.165, 1.54) is 0 Å². The lowest BCUT2D eigenvalue weighted by atomic mass is 10.6. The quantitative estimate of drug-likeness (QED) is 0.414. The van der Waals surface area contributed by atoms with Crippen LogP contribution in [0, 0.1) is 0 Å². The van der Waals surface area contributed by atoms with Gasteiger partial charge in [-0.3, -0.25) is 4.55 Å². The Bertz CT molecular complexity index is 127. The molecule has 0 radical (unpaired) electrons. The summed E-state index contributed by atoms with van der Waals surface area (Å²) >= 11 is 0. The van der Waals surface area contributed by atoms with Gasteiger partial charge in [0.25, 0.3) is 10.1 Å². The molecule has 0 heterocycles. The van der Waals surface area contributed by atoms with Crippen LogP contribution in [-0.4, -0.2) is 36.1 Å². The van der Waals surface area contributed by atoms with E-state index in [0.717, 1.165) is 0 Å². The second-order valence-electron chi connectivity index (χ2n) is 1.29. The van der Waals surface area contributed by atoms with Gasteiger partial charge in [-0.05, 0) is 6.42 Å². The first-order chi connectivity index (χ1) is 3.06. The summed E-state index contributed by atoms with van der Waals surface area (Å²) in [5.41, 5.74) is 0. The van der Waals surface area contributed by atoms with E-state index in [1.807, 2.05) is 0 Å². The summed E-state index contributed by atoms with van der Waals surface area (Å²) in [6, 6.07) is 0. The Balaban J connectivity index is 0. The standard InChI is InChI=1S/C3H8O3S.Al.3H/c1-2-3-7(4,5)6;;;;/h2-3H2,1H3,(H,4,5,6);;;;. The van der Waals surface area contributed by atoms with Crippen molar-refractivity contribution in [2.75, 3.05) is 5.75 Å². The minimum Gasteiger partial charge on any atom is -0.286 e. The van der Waals surface area contributed by atoms with Crippen LogP contribution < -0.4 is 0 Å². The molecule has 8 heavy (non-hydrogen) atoms. The number of rotatable bonds is 2. The van der Waals surface area contributed by atoms with Gasteiger partial charge in [-0.1, -0.05) is 6.92 Å². The highest BCUT2D eigenvalue weighted by molar-refractivity contribution is 7.85. The molecule has 0 saturated heterocycles. The van der Waals surface area contributed by atoms with Crippen molar-refractivity contribution in [2.24, 2.45) is 0 Å². The molecule has 3 nitrogen and oxygen atoms in total. The molecule has 0 aliphatic rings. The molecule has 0 saturated carbocycles. The second kappa shape index (κ2) is 4.33. The van der Waals surface area contributed by atoms with Gasteiger partial charge in [0.2, 0.25) is 0 Å². The first-order valence-electron chi connectivity index (χ1n) is 2.01. The van der Waals surface area contributed by atoms with Gasteiger partial charge in [0, 0.05) is 0 Å². The van der Waals surface area contributed by atoms with E-state index in [2.05, 4.69) is 0 Å². The van der Waals surface area contributed by atoms with Crippen LogP contribution in [0.5, 0.6) is 0 Å². The Morgan fingerprint density at radius 2 is 1.88 bits per heavy atom. The fourth-order valence-electron chi connectivity index (χ4n) is 0.258. The van der Waals surface area contributed by atoms with Crippen LogP contribution in [0.2, 0.25) is 0 Å². The molecule has 0 bridgehead atoms. The summed E-state index contributed by atoms with van der Waals surface area (Å²) in [7, 11) is -3.67. The second-order valence-corrected chi connectivity index (χ2v) is 2.86. The van der Waals surface area contributed by atoms with Crippen molar-refractivity contribution in [1.82, 2.24) is 0 Å². The molecule has 0 aromatic rings. The van der Waals surface area contributed by atoms with E-state index in [4.69, 9.17) is 4.55 Å². The predicted molar refractivity (Wildman–Crippen MR) is 36.6 cm³/mol. The molecule has 0 aromatic heterocycles. The zero-order valence-electron chi connectivity index (χ0n) is 4.09. The van der Waals surface area contributed by atoms with E-state index in [0.29, 0.717) is 6.42 Å². The van der Waals surface area contributed by atoms with Crippen molar-refractivity contribution in [3.05, 3.63) is 0 Å². The molecule has 0 fully saturated rings. The number of hydrogen-bond acceptors (Lipinski definition) is 2. The highest BCUT2D eigenvalue weighted by atomic mass is 32.2. The molecule has 0 rings (SSSR count). The first kappa shape index (κ1) is 11.3. The largest absolute Gasteiger partial charge is 0.286 e. The van der Waals surface area contributed by atoms with Gasteiger partial charge >= 0.3 is 0 Å². The van der Waals surface area contributed by atoms with Gasteiger partial charge in [-0.15, -0.1) is 0 Å². The molecular weight excluding hydrogens is 143 g/mol. The van der Waals surface area contributed by atoms with Crippen molar-refractivity contribution < 1.29 is 13.0 Å². The van der Waals surface area contributed by atoms with Crippen LogP contribution >= 0.6 is 0 Å². The van der Waals surface area contributed by atoms with E-state index < -0.39 is 10.1 Å². The molecule has 0 aliphatic heterocycles. The van der Waals surface area contributed by atoms with Gasteiger partial charge in [0.05, 0.1) is 5.75 Å². The van der Waals surface area contributed by atoms with Gasteiger partial charge in [0.15, 0.2) is 17.4 Å². The average molecular weight is 154 g/mol. The molecule has 0 aliphatic carbocycles. The normalized spacial score (nSPS) is 10.2. The van der Waals surface area contributed by atoms with Crippen LogP contribution in [-0.2, 0) is 10.1 Å². The minimum absolute atomic E-state index is 0. The lowest BCUT2D eigenvalue weighted by Crippen LogP contribution is -2.01. The van der Waals surface area contributed by atoms with Crippen molar-refractivity contribution in [2.45, 2.75) is 13.3 Å². The van der Waals surface area contributed by atoms with E-state index in [9.17, 15) is 8.42 Å². The summed E-state index contributed by atoms with van der Waals surface area (Å²) in [4.78, 5) is 0. The third kappa shape index (κ3) is 9.67. The van der Waals surface area contributed by atoms with E-state index in [-0.39, 0.29) is 23.1 Å². The summed E-state index contributed by atoms with van der Waals surface area (Å²) in [5.74, 6) is -0.132. The monoisotopic (exact) mass is 154 g/mol. The van der Waals surface area contributed by atoms with Crippen molar-refractivity contribution in [3.63, 3.8) is 0 Å². The third-order valence-electron chi connectivity index (χ3n) is 0.462. The van der Waals surface area contributed by atoms with E-state index >= 15 is 0 Å². The number of hydrogen-bond donors (Lipinski definition) is 1. The van der Waals surface area contributed by atoms with Crippen molar-refractivity contribution >= 4 is 27.5 Å². The van der Waals surface area contributed by atoms with Crippen molar-refractivity contribution in [3.8, 4) is 0 Å². The molecule has 0 atom stereocenters. The lowest BCUT2D eigenvalue weighted by molar-refractivity contribution is 0.482. The highest BCUT2D eigenvalue weighted by Gasteiger charge is 1.98. The van der Waals surface area contributed by atoms with Crippen molar-refractivity contribution in [1.29, 1.82) is 0 Å². The fourth-order valence-corrected chi connectivity index (χ4v) is 0.774. The fraction of sp³-hybridized carbons (Fsp3) is 1.00. The molecule has 1 N–H and O–H groups in total. The Labute approximate surface area is 60.0 Å². The van der Waals surface area contributed by atoms with Crippen LogP contribution in [0.1, 0.15) is 13.3 Å². The van der Waals surface area contributed by atoms with Crippen LogP contribution in [0.25, 0.3) is 0 Å². The van der Waals surface area contributed by atoms with Crippen LogP contribution in [0.15, 0.2) is 0 Å². The predicted octanol–water partition coefficient (Wildman–Crippen LogP) is -0.900. The molecule has 50 valence electrons. The molecule has 0 amide bonds. The topological polar surface area (TPSA) is 54.4 Å². The SMILES string of the molecule is CCCS(=O)(=O)O.[AlH3]. The molecule has 5 heteroatoms. The lowest BCUT2D eigenvalue weighted by Gasteiger charge is -1.85. The third-order valence-corrected chi connectivity index (χ3v) is 1.39. The summed E-state index contributed by atoms with van der Waals surface area (Å²) in [6.07, 6.45) is 0.471. The molecular formula is C3H11AlO3S. The Morgan fingerprint density at radius 1 is 1.50 bits per heavy atom. The maximum atomic E-state index is 9.79. The van der Waals surface area contributed by atoms with Gasteiger partial charge in [-0.2, -0.15) is 8.42 Å². The molecule has 0 spiro atoms. The van der Waals surface area contributed by atoms with Crippen LogP contribution in [0.4, 0.5) is 0 Å². The zero-order chi connectivity index (χ0) is 5.91. The highest BCUT2D eigenvalue weighted by Crippen LogP contribution is 1.83.